The van der Waals surface area contributed by atoms with E-state index in [1.54, 1.807) is 6.07 Å². The zero-order valence-corrected chi connectivity index (χ0v) is 12.8. The van der Waals surface area contributed by atoms with Crippen LogP contribution in [0.3, 0.4) is 0 Å². The number of ether oxygens (including phenoxy) is 2. The molecule has 1 saturated heterocycles. The first kappa shape index (κ1) is 14.5. The van der Waals surface area contributed by atoms with Gasteiger partial charge in [-0.25, -0.2) is 0 Å². The molecule has 1 aromatic rings. The second kappa shape index (κ2) is 6.12. The Morgan fingerprint density at radius 3 is 2.52 bits per heavy atom. The number of benzene rings is 1. The summed E-state index contributed by atoms with van der Waals surface area (Å²) in [5, 5.41) is 10.1. The van der Waals surface area contributed by atoms with Crippen LogP contribution in [0, 0.1) is 5.92 Å². The average molecular weight is 292 g/mol. The van der Waals surface area contributed by atoms with Crippen LogP contribution < -0.4 is 9.47 Å². The lowest BCUT2D eigenvalue weighted by atomic mass is 9.96. The molecule has 0 amide bonds. The standard InChI is InChI=1S/C16H24N2O3/c1-17(2)9-12-3-5-18(6-4-12)10-13-7-15-16(8-14(13)19)21-11-20-15/h7-8,12,19H,3-6,9-11H2,1-2H3. The Labute approximate surface area is 126 Å². The van der Waals surface area contributed by atoms with Crippen LogP contribution in [0.2, 0.25) is 0 Å². The lowest BCUT2D eigenvalue weighted by Gasteiger charge is -2.33. The Bertz CT molecular complexity index is 497. The fraction of sp³-hybridized carbons (Fsp3) is 0.625. The molecule has 5 heteroatoms. The van der Waals surface area contributed by atoms with E-state index in [4.69, 9.17) is 9.47 Å². The van der Waals surface area contributed by atoms with Crippen LogP contribution in [0.5, 0.6) is 17.2 Å². The minimum absolute atomic E-state index is 0.244. The maximum Gasteiger partial charge on any atom is 0.231 e. The number of aromatic hydroxyl groups is 1. The van der Waals surface area contributed by atoms with Crippen molar-refractivity contribution in [2.45, 2.75) is 19.4 Å². The summed E-state index contributed by atoms with van der Waals surface area (Å²) >= 11 is 0. The average Bonchev–Trinajstić information content (AvgIpc) is 2.88. The molecule has 0 radical (unpaired) electrons. The first-order valence-electron chi connectivity index (χ1n) is 7.60. The van der Waals surface area contributed by atoms with Gasteiger partial charge >= 0.3 is 0 Å². The Morgan fingerprint density at radius 1 is 1.19 bits per heavy atom. The molecule has 21 heavy (non-hydrogen) atoms. The first-order chi connectivity index (χ1) is 10.1. The van der Waals surface area contributed by atoms with Crippen LogP contribution in [0.25, 0.3) is 0 Å². The van der Waals surface area contributed by atoms with Gasteiger partial charge in [0.05, 0.1) is 0 Å². The Hall–Kier alpha value is -1.46. The molecule has 1 fully saturated rings. The second-order valence-corrected chi connectivity index (χ2v) is 6.32. The molecule has 116 valence electrons. The van der Waals surface area contributed by atoms with E-state index in [0.717, 1.165) is 36.9 Å². The van der Waals surface area contributed by atoms with Crippen molar-refractivity contribution in [3.63, 3.8) is 0 Å². The van der Waals surface area contributed by atoms with Crippen molar-refractivity contribution in [2.24, 2.45) is 5.92 Å². The van der Waals surface area contributed by atoms with Crippen LogP contribution in [-0.2, 0) is 6.54 Å². The van der Waals surface area contributed by atoms with Gasteiger partial charge in [0.2, 0.25) is 6.79 Å². The summed E-state index contributed by atoms with van der Waals surface area (Å²) in [5.74, 6) is 2.47. The van der Waals surface area contributed by atoms with Gasteiger partial charge < -0.3 is 19.5 Å². The van der Waals surface area contributed by atoms with Crippen molar-refractivity contribution in [3.8, 4) is 17.2 Å². The number of fused-ring (bicyclic) bond motifs is 1. The van der Waals surface area contributed by atoms with Gasteiger partial charge in [0, 0.05) is 24.7 Å². The SMILES string of the molecule is CN(C)CC1CCN(Cc2cc3c(cc2O)OCO3)CC1. The smallest absolute Gasteiger partial charge is 0.231 e. The van der Waals surface area contributed by atoms with Gasteiger partial charge in [-0.3, -0.25) is 4.90 Å². The first-order valence-corrected chi connectivity index (χ1v) is 7.60. The Balaban J connectivity index is 1.58. The molecule has 0 aromatic heterocycles. The molecule has 0 atom stereocenters. The topological polar surface area (TPSA) is 45.2 Å². The summed E-state index contributed by atoms with van der Waals surface area (Å²) in [7, 11) is 4.27. The zero-order chi connectivity index (χ0) is 14.8. The summed E-state index contributed by atoms with van der Waals surface area (Å²) in [6, 6.07) is 3.57. The highest BCUT2D eigenvalue weighted by Crippen LogP contribution is 2.38. The third-order valence-corrected chi connectivity index (χ3v) is 4.30. The van der Waals surface area contributed by atoms with Gasteiger partial charge in [0.15, 0.2) is 11.5 Å². The highest BCUT2D eigenvalue weighted by atomic mass is 16.7. The maximum absolute atomic E-state index is 10.1. The van der Waals surface area contributed by atoms with E-state index in [1.807, 2.05) is 6.07 Å². The number of phenols is 1. The molecule has 0 bridgehead atoms. The molecule has 2 aliphatic rings. The molecule has 5 nitrogen and oxygen atoms in total. The number of rotatable bonds is 4. The summed E-state index contributed by atoms with van der Waals surface area (Å²) in [4.78, 5) is 4.67. The van der Waals surface area contributed by atoms with Gasteiger partial charge in [-0.15, -0.1) is 0 Å². The molecule has 1 N–H and O–H groups in total. The van der Waals surface area contributed by atoms with Crippen LogP contribution in [0.1, 0.15) is 18.4 Å². The number of hydrogen-bond donors (Lipinski definition) is 1. The summed E-state index contributed by atoms with van der Waals surface area (Å²) in [5.41, 5.74) is 0.922. The fourth-order valence-corrected chi connectivity index (χ4v) is 3.18. The zero-order valence-electron chi connectivity index (χ0n) is 12.8. The van der Waals surface area contributed by atoms with E-state index in [-0.39, 0.29) is 6.79 Å². The van der Waals surface area contributed by atoms with Crippen LogP contribution >= 0.6 is 0 Å². The van der Waals surface area contributed by atoms with Gasteiger partial charge in [-0.05, 0) is 52.0 Å². The van der Waals surface area contributed by atoms with Crippen LogP contribution in [0.4, 0.5) is 0 Å². The van der Waals surface area contributed by atoms with Crippen molar-refractivity contribution < 1.29 is 14.6 Å². The largest absolute Gasteiger partial charge is 0.507 e. The second-order valence-electron chi connectivity index (χ2n) is 6.32. The lowest BCUT2D eigenvalue weighted by molar-refractivity contribution is 0.155. The van der Waals surface area contributed by atoms with Gasteiger partial charge in [0.25, 0.3) is 0 Å². The monoisotopic (exact) mass is 292 g/mol. The minimum atomic E-state index is 0.244. The number of piperidine rings is 1. The number of hydrogen-bond acceptors (Lipinski definition) is 5. The Kier molecular flexibility index (Phi) is 4.22. The Morgan fingerprint density at radius 2 is 1.86 bits per heavy atom. The van der Waals surface area contributed by atoms with E-state index in [2.05, 4.69) is 23.9 Å². The van der Waals surface area contributed by atoms with Crippen molar-refractivity contribution in [1.29, 1.82) is 0 Å². The van der Waals surface area contributed by atoms with Gasteiger partial charge in [0.1, 0.15) is 5.75 Å². The third-order valence-electron chi connectivity index (χ3n) is 4.30. The lowest BCUT2D eigenvalue weighted by Crippen LogP contribution is -2.36. The molecule has 0 spiro atoms. The van der Waals surface area contributed by atoms with E-state index in [9.17, 15) is 5.11 Å². The number of nitrogens with zero attached hydrogens (tertiary/aromatic N) is 2. The predicted molar refractivity (Wildman–Crippen MR) is 80.8 cm³/mol. The summed E-state index contributed by atoms with van der Waals surface area (Å²) < 4.78 is 10.7. The number of likely N-dealkylation sites (tertiary alicyclic amines) is 1. The number of phenolic OH excluding ortho intramolecular Hbond substituents is 1. The molecule has 2 aliphatic heterocycles. The third kappa shape index (κ3) is 3.41. The van der Waals surface area contributed by atoms with E-state index >= 15 is 0 Å². The minimum Gasteiger partial charge on any atom is -0.507 e. The van der Waals surface area contributed by atoms with E-state index in [1.165, 1.54) is 19.4 Å². The van der Waals surface area contributed by atoms with Crippen molar-refractivity contribution in [2.75, 3.05) is 40.5 Å². The molecule has 2 heterocycles. The van der Waals surface area contributed by atoms with Crippen LogP contribution in [-0.4, -0.2) is 55.4 Å². The van der Waals surface area contributed by atoms with Crippen LogP contribution in [0.15, 0.2) is 12.1 Å². The highest BCUT2D eigenvalue weighted by Gasteiger charge is 2.22. The van der Waals surface area contributed by atoms with Gasteiger partial charge in [-0.1, -0.05) is 0 Å². The van der Waals surface area contributed by atoms with E-state index < -0.39 is 0 Å². The summed E-state index contributed by atoms with van der Waals surface area (Å²) in [6.45, 7) is 4.37. The molecule has 3 rings (SSSR count). The maximum atomic E-state index is 10.1. The molecule has 0 saturated carbocycles. The summed E-state index contributed by atoms with van der Waals surface area (Å²) in [6.07, 6.45) is 2.45. The van der Waals surface area contributed by atoms with Crippen molar-refractivity contribution >= 4 is 0 Å². The fourth-order valence-electron chi connectivity index (χ4n) is 3.18. The van der Waals surface area contributed by atoms with Crippen molar-refractivity contribution in [1.82, 2.24) is 9.80 Å². The quantitative estimate of drug-likeness (QED) is 0.918. The molecular weight excluding hydrogens is 268 g/mol. The van der Waals surface area contributed by atoms with E-state index in [0.29, 0.717) is 11.5 Å². The molecular formula is C16H24N2O3. The normalized spacial score (nSPS) is 19.4. The van der Waals surface area contributed by atoms with Gasteiger partial charge in [-0.2, -0.15) is 0 Å². The molecule has 1 aromatic carbocycles. The highest BCUT2D eigenvalue weighted by molar-refractivity contribution is 5.51. The van der Waals surface area contributed by atoms with Crippen molar-refractivity contribution in [3.05, 3.63) is 17.7 Å². The predicted octanol–water partition coefficient (Wildman–Crippen LogP) is 1.89. The molecule has 0 aliphatic carbocycles. The molecule has 0 unspecified atom stereocenters.